The molecule has 0 fully saturated rings. The van der Waals surface area contributed by atoms with Gasteiger partial charge in [0.25, 0.3) is 10.0 Å². The van der Waals surface area contributed by atoms with Crippen LogP contribution in [0.25, 0.3) is 0 Å². The van der Waals surface area contributed by atoms with E-state index in [1.165, 1.54) is 11.9 Å². The minimum absolute atomic E-state index is 0.143. The summed E-state index contributed by atoms with van der Waals surface area (Å²) in [5.41, 5.74) is 1.40. The quantitative estimate of drug-likeness (QED) is 0.231. The first-order chi connectivity index (χ1) is 20.1. The number of benzene rings is 4. The van der Waals surface area contributed by atoms with Crippen LogP contribution in [-0.4, -0.2) is 44.8 Å². The van der Waals surface area contributed by atoms with Crippen molar-refractivity contribution in [3.63, 3.8) is 0 Å². The topological polar surface area (TPSA) is 86.8 Å². The Bertz CT molecular complexity index is 1620. The smallest absolute Gasteiger partial charge is 0.264 e. The molecule has 0 bridgehead atoms. The third kappa shape index (κ3) is 7.28. The maximum absolute atomic E-state index is 14.2. The lowest BCUT2D eigenvalue weighted by molar-refractivity contribution is -0.139. The van der Waals surface area contributed by atoms with E-state index in [4.69, 9.17) is 23.2 Å². The van der Waals surface area contributed by atoms with Crippen molar-refractivity contribution in [3.05, 3.63) is 130 Å². The van der Waals surface area contributed by atoms with Crippen LogP contribution in [0.2, 0.25) is 10.0 Å². The van der Waals surface area contributed by atoms with E-state index in [1.807, 2.05) is 30.3 Å². The minimum Gasteiger partial charge on any atom is -0.357 e. The summed E-state index contributed by atoms with van der Waals surface area (Å²) in [4.78, 5) is 28.6. The number of nitrogens with one attached hydrogen (secondary N) is 1. The zero-order valence-corrected chi connectivity index (χ0v) is 24.9. The molecule has 0 saturated carbocycles. The molecule has 1 atom stereocenters. The molecular formula is C31H28Cl2FN3O4S. The van der Waals surface area contributed by atoms with Crippen LogP contribution >= 0.6 is 23.2 Å². The number of likely N-dealkylation sites (N-methyl/N-ethyl adjacent to an activating group) is 1. The fourth-order valence-electron chi connectivity index (χ4n) is 4.43. The molecule has 0 aliphatic carbocycles. The first-order valence-electron chi connectivity index (χ1n) is 12.9. The summed E-state index contributed by atoms with van der Waals surface area (Å²) in [6.45, 7) is -0.824. The SMILES string of the molecule is CNC(=O)[C@@H](Cc1ccccc1)N(Cc1c(Cl)cccc1Cl)C(=O)CN(c1ccccc1)S(=O)(=O)c1ccc(F)cc1. The normalized spacial score (nSPS) is 11.9. The van der Waals surface area contributed by atoms with Crippen molar-refractivity contribution in [2.24, 2.45) is 0 Å². The molecule has 0 spiro atoms. The predicted molar refractivity (Wildman–Crippen MR) is 162 cm³/mol. The number of hydrogen-bond acceptors (Lipinski definition) is 4. The second-order valence-electron chi connectivity index (χ2n) is 9.34. The van der Waals surface area contributed by atoms with Crippen LogP contribution in [0.3, 0.4) is 0 Å². The highest BCUT2D eigenvalue weighted by Crippen LogP contribution is 2.29. The van der Waals surface area contributed by atoms with Gasteiger partial charge in [-0.2, -0.15) is 0 Å². The number of rotatable bonds is 11. The number of nitrogens with zero attached hydrogens (tertiary/aromatic N) is 2. The van der Waals surface area contributed by atoms with Crippen molar-refractivity contribution in [3.8, 4) is 0 Å². The van der Waals surface area contributed by atoms with Crippen LogP contribution < -0.4 is 9.62 Å². The van der Waals surface area contributed by atoms with Gasteiger partial charge in [-0.25, -0.2) is 12.8 Å². The number of carbonyl (C=O) groups is 2. The van der Waals surface area contributed by atoms with Gasteiger partial charge in [0.2, 0.25) is 11.8 Å². The summed E-state index contributed by atoms with van der Waals surface area (Å²) in [6, 6.07) is 25.4. The molecule has 1 N–H and O–H groups in total. The van der Waals surface area contributed by atoms with Crippen molar-refractivity contribution in [2.45, 2.75) is 23.9 Å². The van der Waals surface area contributed by atoms with Gasteiger partial charge in [0.1, 0.15) is 18.4 Å². The van der Waals surface area contributed by atoms with Gasteiger partial charge >= 0.3 is 0 Å². The number of hydrogen-bond donors (Lipinski definition) is 1. The van der Waals surface area contributed by atoms with Crippen molar-refractivity contribution >= 4 is 50.7 Å². The fraction of sp³-hybridized carbons (Fsp3) is 0.161. The van der Waals surface area contributed by atoms with Crippen molar-refractivity contribution in [1.29, 1.82) is 0 Å². The molecule has 0 unspecified atom stereocenters. The number of amides is 2. The lowest BCUT2D eigenvalue weighted by atomic mass is 10.0. The lowest BCUT2D eigenvalue weighted by Gasteiger charge is -2.34. The van der Waals surface area contributed by atoms with E-state index in [1.54, 1.807) is 48.5 Å². The van der Waals surface area contributed by atoms with Gasteiger partial charge in [0, 0.05) is 35.6 Å². The maximum atomic E-state index is 14.2. The van der Waals surface area contributed by atoms with Gasteiger partial charge in [0.15, 0.2) is 0 Å². The van der Waals surface area contributed by atoms with E-state index in [9.17, 15) is 22.4 Å². The number of halogens is 3. The third-order valence-corrected chi connectivity index (χ3v) is 9.13. The van der Waals surface area contributed by atoms with Crippen molar-refractivity contribution < 1.29 is 22.4 Å². The summed E-state index contributed by atoms with van der Waals surface area (Å²) >= 11 is 12.9. The number of carbonyl (C=O) groups excluding carboxylic acids is 2. The van der Waals surface area contributed by atoms with E-state index in [0.29, 0.717) is 5.56 Å². The van der Waals surface area contributed by atoms with Gasteiger partial charge < -0.3 is 10.2 Å². The Balaban J connectivity index is 1.80. The maximum Gasteiger partial charge on any atom is 0.264 e. The molecule has 7 nitrogen and oxygen atoms in total. The third-order valence-electron chi connectivity index (χ3n) is 6.63. The second kappa shape index (κ2) is 13.8. The monoisotopic (exact) mass is 627 g/mol. The van der Waals surface area contributed by atoms with E-state index >= 15 is 0 Å². The fourth-order valence-corrected chi connectivity index (χ4v) is 6.36. The molecule has 0 aliphatic rings. The second-order valence-corrected chi connectivity index (χ2v) is 12.0. The zero-order chi connectivity index (χ0) is 30.3. The highest BCUT2D eigenvalue weighted by Gasteiger charge is 2.35. The van der Waals surface area contributed by atoms with Gasteiger partial charge in [-0.3, -0.25) is 13.9 Å². The van der Waals surface area contributed by atoms with E-state index in [-0.39, 0.29) is 33.6 Å². The summed E-state index contributed by atoms with van der Waals surface area (Å²) in [5, 5.41) is 3.19. The average molecular weight is 629 g/mol. The number of sulfonamides is 1. The van der Waals surface area contributed by atoms with Crippen LogP contribution in [0.1, 0.15) is 11.1 Å². The largest absolute Gasteiger partial charge is 0.357 e. The Kier molecular flexibility index (Phi) is 10.2. The molecule has 11 heteroatoms. The van der Waals surface area contributed by atoms with E-state index in [2.05, 4.69) is 5.32 Å². The van der Waals surface area contributed by atoms with Gasteiger partial charge in [-0.05, 0) is 54.1 Å². The molecule has 0 heterocycles. The molecule has 0 radical (unpaired) electrons. The first kappa shape index (κ1) is 31.0. The summed E-state index contributed by atoms with van der Waals surface area (Å²) < 4.78 is 42.2. The zero-order valence-electron chi connectivity index (χ0n) is 22.6. The molecule has 0 saturated heterocycles. The Hall–Kier alpha value is -3.92. The van der Waals surface area contributed by atoms with Gasteiger partial charge in [0.05, 0.1) is 10.6 Å². The van der Waals surface area contributed by atoms with Crippen LogP contribution in [0.15, 0.2) is 108 Å². The molecule has 2 amide bonds. The van der Waals surface area contributed by atoms with Crippen molar-refractivity contribution in [2.75, 3.05) is 17.9 Å². The Morgan fingerprint density at radius 2 is 1.40 bits per heavy atom. The van der Waals surface area contributed by atoms with Crippen LogP contribution in [0, 0.1) is 5.82 Å². The van der Waals surface area contributed by atoms with E-state index in [0.717, 1.165) is 34.1 Å². The number of para-hydroxylation sites is 1. The Morgan fingerprint density at radius 3 is 1.98 bits per heavy atom. The van der Waals surface area contributed by atoms with Crippen LogP contribution in [0.5, 0.6) is 0 Å². The molecular weight excluding hydrogens is 600 g/mol. The molecule has 0 aliphatic heterocycles. The summed E-state index contributed by atoms with van der Waals surface area (Å²) in [7, 11) is -2.87. The molecule has 4 aromatic carbocycles. The predicted octanol–water partition coefficient (Wildman–Crippen LogP) is 5.71. The Labute approximate surface area is 254 Å². The van der Waals surface area contributed by atoms with Gasteiger partial charge in [-0.1, -0.05) is 77.8 Å². The van der Waals surface area contributed by atoms with E-state index < -0.39 is 40.2 Å². The highest BCUT2D eigenvalue weighted by atomic mass is 35.5. The van der Waals surface area contributed by atoms with Gasteiger partial charge in [-0.15, -0.1) is 0 Å². The van der Waals surface area contributed by atoms with Crippen LogP contribution in [0.4, 0.5) is 10.1 Å². The summed E-state index contributed by atoms with van der Waals surface area (Å²) in [5.74, 6) is -1.73. The molecule has 4 rings (SSSR count). The number of anilines is 1. The molecule has 218 valence electrons. The van der Waals surface area contributed by atoms with Crippen molar-refractivity contribution in [1.82, 2.24) is 10.2 Å². The highest BCUT2D eigenvalue weighted by molar-refractivity contribution is 7.92. The van der Waals surface area contributed by atoms with Crippen LogP contribution in [-0.2, 0) is 32.6 Å². The average Bonchev–Trinajstić information content (AvgIpc) is 2.99. The summed E-state index contributed by atoms with van der Waals surface area (Å²) in [6.07, 6.45) is 0.143. The minimum atomic E-state index is -4.33. The molecule has 4 aromatic rings. The molecule has 42 heavy (non-hydrogen) atoms. The molecule has 0 aromatic heterocycles. The standard InChI is InChI=1S/C31H28Cl2FN3O4S/c1-35-31(39)29(19-22-9-4-2-5-10-22)36(20-26-27(32)13-8-14-28(26)33)30(38)21-37(24-11-6-3-7-12-24)42(40,41)25-17-15-23(34)16-18-25/h2-18,29H,19-21H2,1H3,(H,35,39)/t29-/m1/s1. The Morgan fingerprint density at radius 1 is 0.833 bits per heavy atom. The first-order valence-corrected chi connectivity index (χ1v) is 15.1. The lowest BCUT2D eigenvalue weighted by Crippen LogP contribution is -2.53.